The van der Waals surface area contributed by atoms with Crippen molar-refractivity contribution in [1.29, 1.82) is 0 Å². The summed E-state index contributed by atoms with van der Waals surface area (Å²) in [5.74, 6) is 0.0390. The summed E-state index contributed by atoms with van der Waals surface area (Å²) in [5.41, 5.74) is 2.19. The molecule has 0 heterocycles. The molecule has 2 aromatic carbocycles. The molecule has 2 rings (SSSR count). The van der Waals surface area contributed by atoms with E-state index in [1.165, 1.54) is 16.9 Å². The molecule has 0 aromatic heterocycles. The molecule has 0 spiro atoms. The van der Waals surface area contributed by atoms with E-state index < -0.39 is 10.0 Å². The highest BCUT2D eigenvalue weighted by atomic mass is 32.2. The Hall–Kier alpha value is -2.34. The molecule has 5 nitrogen and oxygen atoms in total. The van der Waals surface area contributed by atoms with Gasteiger partial charge in [-0.05, 0) is 35.7 Å². The molecule has 0 aliphatic heterocycles. The molecule has 1 N–H and O–H groups in total. The summed E-state index contributed by atoms with van der Waals surface area (Å²) in [7, 11) is -1.83. The first-order valence-electron chi connectivity index (χ1n) is 7.66. The lowest BCUT2D eigenvalue weighted by Crippen LogP contribution is -2.28. The van der Waals surface area contributed by atoms with Gasteiger partial charge in [0.1, 0.15) is 0 Å². The number of amides is 1. The highest BCUT2D eigenvalue weighted by molar-refractivity contribution is 7.92. The average molecular weight is 346 g/mol. The second kappa shape index (κ2) is 7.49. The van der Waals surface area contributed by atoms with E-state index in [-0.39, 0.29) is 11.8 Å². The average Bonchev–Trinajstić information content (AvgIpc) is 2.58. The Labute approximate surface area is 143 Å². The van der Waals surface area contributed by atoms with Crippen LogP contribution in [-0.2, 0) is 10.0 Å². The third kappa shape index (κ3) is 4.58. The number of benzene rings is 2. The quantitative estimate of drug-likeness (QED) is 0.874. The van der Waals surface area contributed by atoms with E-state index in [4.69, 9.17) is 0 Å². The van der Waals surface area contributed by atoms with Gasteiger partial charge in [-0.15, -0.1) is 0 Å². The minimum Gasteiger partial charge on any atom is -0.351 e. The normalized spacial score (nSPS) is 12.5. The van der Waals surface area contributed by atoms with Crippen LogP contribution < -0.4 is 9.62 Å². The van der Waals surface area contributed by atoms with Crippen LogP contribution in [0.3, 0.4) is 0 Å². The van der Waals surface area contributed by atoms with Crippen LogP contribution in [0.5, 0.6) is 0 Å². The van der Waals surface area contributed by atoms with Gasteiger partial charge >= 0.3 is 0 Å². The van der Waals surface area contributed by atoms with Crippen molar-refractivity contribution in [3.05, 3.63) is 65.7 Å². The van der Waals surface area contributed by atoms with Gasteiger partial charge in [-0.1, -0.05) is 37.3 Å². The molecule has 0 radical (unpaired) electrons. The topological polar surface area (TPSA) is 66.5 Å². The van der Waals surface area contributed by atoms with Crippen LogP contribution in [0.15, 0.2) is 54.6 Å². The van der Waals surface area contributed by atoms with Gasteiger partial charge in [0, 0.05) is 19.2 Å². The second-order valence-electron chi connectivity index (χ2n) is 5.80. The Morgan fingerprint density at radius 2 is 1.67 bits per heavy atom. The number of carbonyl (C=O) groups excluding carboxylic acids is 1. The molecule has 0 saturated carbocycles. The first-order valence-corrected chi connectivity index (χ1v) is 9.51. The summed E-state index contributed by atoms with van der Waals surface area (Å²) in [6, 6.07) is 16.5. The molecule has 6 heteroatoms. The van der Waals surface area contributed by atoms with Gasteiger partial charge in [0.05, 0.1) is 11.9 Å². The van der Waals surface area contributed by atoms with Crippen LogP contribution in [0, 0.1) is 0 Å². The predicted molar refractivity (Wildman–Crippen MR) is 96.9 cm³/mol. The van der Waals surface area contributed by atoms with Gasteiger partial charge < -0.3 is 5.32 Å². The number of rotatable bonds is 6. The first kappa shape index (κ1) is 18.0. The van der Waals surface area contributed by atoms with Gasteiger partial charge in [0.25, 0.3) is 5.91 Å². The van der Waals surface area contributed by atoms with E-state index in [2.05, 4.69) is 12.2 Å². The van der Waals surface area contributed by atoms with Crippen molar-refractivity contribution in [2.75, 3.05) is 24.2 Å². The van der Waals surface area contributed by atoms with Crippen LogP contribution >= 0.6 is 0 Å². The fourth-order valence-electron chi connectivity index (χ4n) is 2.26. The van der Waals surface area contributed by atoms with Crippen molar-refractivity contribution in [3.8, 4) is 0 Å². The van der Waals surface area contributed by atoms with Crippen LogP contribution in [0.25, 0.3) is 0 Å². The first-order chi connectivity index (χ1) is 11.3. The van der Waals surface area contributed by atoms with Crippen LogP contribution in [0.2, 0.25) is 0 Å². The van der Waals surface area contributed by atoms with Crippen molar-refractivity contribution in [2.24, 2.45) is 0 Å². The van der Waals surface area contributed by atoms with Gasteiger partial charge in [-0.3, -0.25) is 9.10 Å². The molecule has 0 bridgehead atoms. The van der Waals surface area contributed by atoms with Gasteiger partial charge in [0.15, 0.2) is 0 Å². The number of nitrogens with one attached hydrogen (secondary N) is 1. The van der Waals surface area contributed by atoms with Gasteiger partial charge in [-0.2, -0.15) is 0 Å². The van der Waals surface area contributed by atoms with E-state index in [1.807, 2.05) is 30.3 Å². The number of hydrogen-bond acceptors (Lipinski definition) is 3. The van der Waals surface area contributed by atoms with E-state index in [1.54, 1.807) is 24.3 Å². The lowest BCUT2D eigenvalue weighted by molar-refractivity contribution is 0.0951. The molecule has 0 saturated heterocycles. The largest absolute Gasteiger partial charge is 0.351 e. The fourth-order valence-corrected chi connectivity index (χ4v) is 2.77. The van der Waals surface area contributed by atoms with Crippen molar-refractivity contribution >= 4 is 21.6 Å². The van der Waals surface area contributed by atoms with Gasteiger partial charge in [0.2, 0.25) is 10.0 Å². The zero-order valence-corrected chi connectivity index (χ0v) is 14.9. The maximum Gasteiger partial charge on any atom is 0.251 e. The Bertz CT molecular complexity index is 787. The molecule has 0 aliphatic rings. The molecule has 0 aliphatic carbocycles. The standard InChI is InChI=1S/C18H22N2O3S/c1-14(15-7-5-4-6-8-15)13-19-18(21)16-9-11-17(12-10-16)20(2)24(3,22)23/h4-12,14H,13H2,1-3H3,(H,19,21)/t14-/m1/s1. The van der Waals surface area contributed by atoms with E-state index in [9.17, 15) is 13.2 Å². The highest BCUT2D eigenvalue weighted by Crippen LogP contribution is 2.17. The molecular weight excluding hydrogens is 324 g/mol. The Morgan fingerprint density at radius 3 is 2.21 bits per heavy atom. The molecular formula is C18H22N2O3S. The minimum atomic E-state index is -3.31. The molecule has 24 heavy (non-hydrogen) atoms. The molecule has 0 unspecified atom stereocenters. The van der Waals surface area contributed by atoms with Crippen molar-refractivity contribution in [1.82, 2.24) is 5.32 Å². The van der Waals surface area contributed by atoms with Crippen molar-refractivity contribution < 1.29 is 13.2 Å². The van der Waals surface area contributed by atoms with Crippen LogP contribution in [0.1, 0.15) is 28.8 Å². The maximum absolute atomic E-state index is 12.2. The SMILES string of the molecule is C[C@H](CNC(=O)c1ccc(N(C)S(C)(=O)=O)cc1)c1ccccc1. The Morgan fingerprint density at radius 1 is 1.08 bits per heavy atom. The monoisotopic (exact) mass is 346 g/mol. The molecule has 1 amide bonds. The van der Waals surface area contributed by atoms with Gasteiger partial charge in [-0.25, -0.2) is 8.42 Å². The third-order valence-electron chi connectivity index (χ3n) is 3.93. The zero-order chi connectivity index (χ0) is 17.7. The number of nitrogens with zero attached hydrogens (tertiary/aromatic N) is 1. The molecule has 1 atom stereocenters. The number of hydrogen-bond donors (Lipinski definition) is 1. The Balaban J connectivity index is 1.98. The summed E-state index contributed by atoms with van der Waals surface area (Å²) in [6.45, 7) is 2.59. The highest BCUT2D eigenvalue weighted by Gasteiger charge is 2.13. The van der Waals surface area contributed by atoms with Crippen molar-refractivity contribution in [2.45, 2.75) is 12.8 Å². The summed E-state index contributed by atoms with van der Waals surface area (Å²) in [6.07, 6.45) is 1.14. The lowest BCUT2D eigenvalue weighted by Gasteiger charge is -2.17. The second-order valence-corrected chi connectivity index (χ2v) is 7.81. The van der Waals surface area contributed by atoms with Crippen molar-refractivity contribution in [3.63, 3.8) is 0 Å². The smallest absolute Gasteiger partial charge is 0.251 e. The molecule has 2 aromatic rings. The maximum atomic E-state index is 12.2. The van der Waals surface area contributed by atoms with E-state index >= 15 is 0 Å². The predicted octanol–water partition coefficient (Wildman–Crippen LogP) is 2.62. The minimum absolute atomic E-state index is 0.175. The van der Waals surface area contributed by atoms with E-state index in [0.29, 0.717) is 17.8 Å². The third-order valence-corrected chi connectivity index (χ3v) is 5.13. The fraction of sp³-hybridized carbons (Fsp3) is 0.278. The Kier molecular flexibility index (Phi) is 5.62. The molecule has 0 fully saturated rings. The zero-order valence-electron chi connectivity index (χ0n) is 14.1. The summed E-state index contributed by atoms with van der Waals surface area (Å²) >= 11 is 0. The van der Waals surface area contributed by atoms with Crippen LogP contribution in [0.4, 0.5) is 5.69 Å². The van der Waals surface area contributed by atoms with E-state index in [0.717, 1.165) is 6.26 Å². The molecule has 128 valence electrons. The summed E-state index contributed by atoms with van der Waals surface area (Å²) in [5, 5.41) is 2.91. The number of carbonyl (C=O) groups is 1. The summed E-state index contributed by atoms with van der Waals surface area (Å²) < 4.78 is 24.2. The van der Waals surface area contributed by atoms with Crippen LogP contribution in [-0.4, -0.2) is 34.2 Å². The summed E-state index contributed by atoms with van der Waals surface area (Å²) in [4.78, 5) is 12.2. The number of sulfonamides is 1. The lowest BCUT2D eigenvalue weighted by atomic mass is 10.0. The number of anilines is 1.